The van der Waals surface area contributed by atoms with E-state index in [1.54, 1.807) is 30.6 Å². The number of methoxy groups -OCH3 is 1. The predicted octanol–water partition coefficient (Wildman–Crippen LogP) is 3.04. The molecule has 0 aromatic heterocycles. The average molecular weight is 403 g/mol. The average Bonchev–Trinajstić information content (AvgIpc) is 3.56. The minimum Gasteiger partial charge on any atom is -0.497 e. The van der Waals surface area contributed by atoms with Crippen molar-refractivity contribution in [2.75, 3.05) is 14.2 Å². The normalized spacial score (nSPS) is 15.3. The molecule has 1 fully saturated rings. The lowest BCUT2D eigenvalue weighted by molar-refractivity contribution is 0.0963. The maximum Gasteiger partial charge on any atom is 0.251 e. The molecule has 150 valence electrons. The summed E-state index contributed by atoms with van der Waals surface area (Å²) in [6, 6.07) is 13.4. The molecule has 1 aliphatic rings. The molecule has 1 atom stereocenters. The Kier molecular flexibility index (Phi) is 6.05. The summed E-state index contributed by atoms with van der Waals surface area (Å²) in [4.78, 5) is 11.9. The Morgan fingerprint density at radius 3 is 2.25 bits per heavy atom. The van der Waals surface area contributed by atoms with Crippen LogP contribution in [0.25, 0.3) is 0 Å². The lowest BCUT2D eigenvalue weighted by Crippen LogP contribution is -2.39. The second-order valence-corrected chi connectivity index (χ2v) is 8.97. The summed E-state index contributed by atoms with van der Waals surface area (Å²) in [5.41, 5.74) is 1.33. The van der Waals surface area contributed by atoms with E-state index in [0.717, 1.165) is 24.2 Å². The third-order valence-electron chi connectivity index (χ3n) is 5.21. The molecule has 0 radical (unpaired) electrons. The van der Waals surface area contributed by atoms with Gasteiger partial charge in [-0.1, -0.05) is 12.1 Å². The van der Waals surface area contributed by atoms with Crippen molar-refractivity contribution in [3.8, 4) is 5.75 Å². The first-order valence-corrected chi connectivity index (χ1v) is 10.8. The van der Waals surface area contributed by atoms with Gasteiger partial charge in [0.1, 0.15) is 5.75 Å². The topological polar surface area (TPSA) is 75.7 Å². The third-order valence-corrected chi connectivity index (χ3v) is 7.15. The maximum atomic E-state index is 13.4. The van der Waals surface area contributed by atoms with Crippen molar-refractivity contribution in [2.45, 2.75) is 37.2 Å². The zero-order chi connectivity index (χ0) is 20.3. The fraction of sp³-hybridized carbons (Fsp3) is 0.381. The molecule has 28 heavy (non-hydrogen) atoms. The largest absolute Gasteiger partial charge is 0.497 e. The molecule has 2 aromatic rings. The van der Waals surface area contributed by atoms with Crippen molar-refractivity contribution in [2.24, 2.45) is 5.92 Å². The molecule has 3 rings (SSSR count). The molecular weight excluding hydrogens is 376 g/mol. The Hall–Kier alpha value is -2.38. The van der Waals surface area contributed by atoms with Crippen LogP contribution in [0.3, 0.4) is 0 Å². The molecule has 6 nitrogen and oxygen atoms in total. The SMILES string of the molecule is CNC(=O)c1ccc(S(=O)(=O)N(Cc2ccc(OC)cc2)C(C)C2CC2)cc1. The Bertz CT molecular complexity index is 920. The molecule has 2 aromatic carbocycles. The van der Waals surface area contributed by atoms with Crippen molar-refractivity contribution in [1.82, 2.24) is 9.62 Å². The van der Waals surface area contributed by atoms with E-state index in [1.165, 1.54) is 12.1 Å². The first kappa shape index (κ1) is 20.4. The van der Waals surface area contributed by atoms with Gasteiger partial charge in [0.25, 0.3) is 5.91 Å². The Labute approximate surface area is 166 Å². The molecule has 0 spiro atoms. The number of ether oxygens (including phenoxy) is 1. The molecule has 0 heterocycles. The molecule has 1 unspecified atom stereocenters. The van der Waals surface area contributed by atoms with Crippen LogP contribution in [0, 0.1) is 5.92 Å². The molecule has 1 aliphatic carbocycles. The second-order valence-electron chi connectivity index (χ2n) is 7.08. The van der Waals surface area contributed by atoms with Gasteiger partial charge in [-0.25, -0.2) is 8.42 Å². The van der Waals surface area contributed by atoms with Gasteiger partial charge in [0, 0.05) is 25.2 Å². The Morgan fingerprint density at radius 2 is 1.75 bits per heavy atom. The first-order valence-electron chi connectivity index (χ1n) is 9.33. The summed E-state index contributed by atoms with van der Waals surface area (Å²) in [5, 5.41) is 2.54. The summed E-state index contributed by atoms with van der Waals surface area (Å²) in [5.74, 6) is 0.877. The minimum absolute atomic E-state index is 0.0919. The van der Waals surface area contributed by atoms with Crippen LogP contribution in [0.15, 0.2) is 53.4 Å². The number of carbonyl (C=O) groups is 1. The van der Waals surface area contributed by atoms with E-state index >= 15 is 0 Å². The smallest absolute Gasteiger partial charge is 0.251 e. The highest BCUT2D eigenvalue weighted by Crippen LogP contribution is 2.38. The van der Waals surface area contributed by atoms with E-state index in [1.807, 2.05) is 31.2 Å². The Balaban J connectivity index is 1.90. The number of nitrogens with zero attached hydrogens (tertiary/aromatic N) is 1. The summed E-state index contributed by atoms with van der Waals surface area (Å²) >= 11 is 0. The number of sulfonamides is 1. The zero-order valence-corrected chi connectivity index (χ0v) is 17.2. The van der Waals surface area contributed by atoms with Gasteiger partial charge in [0.05, 0.1) is 12.0 Å². The third kappa shape index (κ3) is 4.36. The van der Waals surface area contributed by atoms with Gasteiger partial charge in [-0.3, -0.25) is 4.79 Å². The molecule has 1 amide bonds. The van der Waals surface area contributed by atoms with E-state index < -0.39 is 10.0 Å². The van der Waals surface area contributed by atoms with Crippen LogP contribution < -0.4 is 10.1 Å². The van der Waals surface area contributed by atoms with Crippen molar-refractivity contribution < 1.29 is 17.9 Å². The summed E-state index contributed by atoms with van der Waals surface area (Å²) in [7, 11) is -0.555. The summed E-state index contributed by atoms with van der Waals surface area (Å²) in [6.07, 6.45) is 2.09. The van der Waals surface area contributed by atoms with Crippen LogP contribution in [0.5, 0.6) is 5.75 Å². The number of hydrogen-bond donors (Lipinski definition) is 1. The van der Waals surface area contributed by atoms with E-state index in [0.29, 0.717) is 18.0 Å². The van der Waals surface area contributed by atoms with Gasteiger partial charge in [-0.15, -0.1) is 0 Å². The van der Waals surface area contributed by atoms with Crippen molar-refractivity contribution in [1.29, 1.82) is 0 Å². The van der Waals surface area contributed by atoms with Gasteiger partial charge in [0.15, 0.2) is 0 Å². The maximum absolute atomic E-state index is 13.4. The molecular formula is C21H26N2O4S. The highest BCUT2D eigenvalue weighted by molar-refractivity contribution is 7.89. The van der Waals surface area contributed by atoms with E-state index in [4.69, 9.17) is 4.74 Å². The van der Waals surface area contributed by atoms with E-state index in [2.05, 4.69) is 5.32 Å². The number of benzene rings is 2. The highest BCUT2D eigenvalue weighted by Gasteiger charge is 2.38. The second kappa shape index (κ2) is 8.32. The monoisotopic (exact) mass is 402 g/mol. The summed E-state index contributed by atoms with van der Waals surface area (Å²) < 4.78 is 33.5. The molecule has 1 saturated carbocycles. The van der Waals surface area contributed by atoms with Crippen LogP contribution in [0.4, 0.5) is 0 Å². The lowest BCUT2D eigenvalue weighted by Gasteiger charge is -2.28. The number of rotatable bonds is 8. The van der Waals surface area contributed by atoms with E-state index in [-0.39, 0.29) is 16.8 Å². The predicted molar refractivity (Wildman–Crippen MR) is 108 cm³/mol. The van der Waals surface area contributed by atoms with Crippen LogP contribution >= 0.6 is 0 Å². The van der Waals surface area contributed by atoms with Gasteiger partial charge in [-0.2, -0.15) is 4.31 Å². The van der Waals surface area contributed by atoms with Crippen molar-refractivity contribution in [3.63, 3.8) is 0 Å². The fourth-order valence-electron chi connectivity index (χ4n) is 3.23. The van der Waals surface area contributed by atoms with Gasteiger partial charge < -0.3 is 10.1 Å². The van der Waals surface area contributed by atoms with Gasteiger partial charge >= 0.3 is 0 Å². The van der Waals surface area contributed by atoms with Gasteiger partial charge in [-0.05, 0) is 67.6 Å². The number of carbonyl (C=O) groups excluding carboxylic acids is 1. The van der Waals surface area contributed by atoms with Crippen LogP contribution in [-0.4, -0.2) is 38.8 Å². The van der Waals surface area contributed by atoms with E-state index in [9.17, 15) is 13.2 Å². The van der Waals surface area contributed by atoms with Crippen LogP contribution in [0.1, 0.15) is 35.7 Å². The first-order chi connectivity index (χ1) is 13.4. The van der Waals surface area contributed by atoms with Crippen molar-refractivity contribution in [3.05, 3.63) is 59.7 Å². The quantitative estimate of drug-likeness (QED) is 0.736. The highest BCUT2D eigenvalue weighted by atomic mass is 32.2. The molecule has 0 bridgehead atoms. The van der Waals surface area contributed by atoms with Crippen molar-refractivity contribution >= 4 is 15.9 Å². The fourth-order valence-corrected chi connectivity index (χ4v) is 4.91. The molecule has 0 saturated heterocycles. The summed E-state index contributed by atoms with van der Waals surface area (Å²) in [6.45, 7) is 2.26. The zero-order valence-electron chi connectivity index (χ0n) is 16.4. The molecule has 0 aliphatic heterocycles. The lowest BCUT2D eigenvalue weighted by atomic mass is 10.1. The number of amides is 1. The minimum atomic E-state index is -3.70. The number of hydrogen-bond acceptors (Lipinski definition) is 4. The molecule has 7 heteroatoms. The van der Waals surface area contributed by atoms with Crippen LogP contribution in [0.2, 0.25) is 0 Å². The standard InChI is InChI=1S/C21H26N2O4S/c1-15(17-6-7-17)23(14-16-4-10-19(27-3)11-5-16)28(25,26)20-12-8-18(9-13-20)21(24)22-2/h4-5,8-13,15,17H,6-7,14H2,1-3H3,(H,22,24). The number of nitrogens with one attached hydrogen (secondary N) is 1. The van der Waals surface area contributed by atoms with Crippen LogP contribution in [-0.2, 0) is 16.6 Å². The van der Waals surface area contributed by atoms with Gasteiger partial charge in [0.2, 0.25) is 10.0 Å². The molecule has 1 N–H and O–H groups in total. The Morgan fingerprint density at radius 1 is 1.14 bits per heavy atom.